The van der Waals surface area contributed by atoms with Gasteiger partial charge in [0.1, 0.15) is 26.4 Å². The van der Waals surface area contributed by atoms with Gasteiger partial charge in [0.15, 0.2) is 0 Å². The van der Waals surface area contributed by atoms with Gasteiger partial charge in [-0.15, -0.1) is 0 Å². The van der Waals surface area contributed by atoms with Crippen molar-refractivity contribution in [2.24, 2.45) is 0 Å². The first-order valence-corrected chi connectivity index (χ1v) is 14.6. The third-order valence-corrected chi connectivity index (χ3v) is 7.06. The van der Waals surface area contributed by atoms with Crippen molar-refractivity contribution in [3.05, 3.63) is 104 Å². The number of benzene rings is 2. The summed E-state index contributed by atoms with van der Waals surface area (Å²) in [6, 6.07) is 13.4. The Morgan fingerprint density at radius 3 is 1.89 bits per heavy atom. The Bertz CT molecular complexity index is 1550. The van der Waals surface area contributed by atoms with Crippen LogP contribution in [-0.2, 0) is 19.1 Å². The van der Waals surface area contributed by atoms with Gasteiger partial charge in [0.25, 0.3) is 5.70 Å². The Labute approximate surface area is 266 Å². The van der Waals surface area contributed by atoms with Crippen molar-refractivity contribution in [3.63, 3.8) is 0 Å². The van der Waals surface area contributed by atoms with E-state index in [4.69, 9.17) is 34.5 Å². The number of hydrogen-bond donors (Lipinski definition) is 0. The first-order valence-electron chi connectivity index (χ1n) is 14.6. The van der Waals surface area contributed by atoms with Crippen molar-refractivity contribution >= 4 is 35.5 Å². The number of aryl methyl sites for hydroxylation is 2. The molecule has 0 unspecified atom stereocenters. The van der Waals surface area contributed by atoms with Crippen molar-refractivity contribution in [3.8, 4) is 6.07 Å². The van der Waals surface area contributed by atoms with Crippen LogP contribution in [0.2, 0.25) is 0 Å². The number of ether oxygens (including phenoxy) is 2. The van der Waals surface area contributed by atoms with Crippen molar-refractivity contribution in [2.45, 2.75) is 46.5 Å². The molecule has 2 aromatic rings. The number of carbonyl (C=O) groups is 2. The lowest BCUT2D eigenvalue weighted by molar-refractivity contribution is -0.145. The smallest absolute Gasteiger partial charge is 0.464 e. The third-order valence-electron chi connectivity index (χ3n) is 7.06. The van der Waals surface area contributed by atoms with Gasteiger partial charge in [-0.2, -0.15) is 9.69 Å². The molecule has 0 heterocycles. The van der Waals surface area contributed by atoms with E-state index >= 15 is 0 Å². The minimum absolute atomic E-state index is 0.0185. The highest BCUT2D eigenvalue weighted by molar-refractivity contribution is 5.71. The molecule has 0 aliphatic rings. The fourth-order valence-corrected chi connectivity index (χ4v) is 4.39. The molecule has 0 aliphatic heterocycles. The molecule has 0 fully saturated rings. The minimum atomic E-state index is -0.314. The maximum absolute atomic E-state index is 12.2. The number of allylic oxidation sites excluding steroid dienone is 1. The SMILES string of the molecule is [C-]#[N+]C(C#N)=Cc1ccc(N(C)CCOC(=O)CCCCC(=O)OCCN(CC)c2ccc(C=C([N+]#[C-])[N+]#[C-])c(C)c2)cc1C. The average Bonchev–Trinajstić information content (AvgIpc) is 3.04. The van der Waals surface area contributed by atoms with Crippen LogP contribution in [0.4, 0.5) is 11.4 Å². The highest BCUT2D eigenvalue weighted by Gasteiger charge is 2.11. The lowest BCUT2D eigenvalue weighted by Gasteiger charge is -2.23. The van der Waals surface area contributed by atoms with Gasteiger partial charge in [0.05, 0.1) is 25.7 Å². The number of carbonyl (C=O) groups excluding carboxylic acids is 2. The van der Waals surface area contributed by atoms with Crippen LogP contribution in [0, 0.1) is 44.9 Å². The summed E-state index contributed by atoms with van der Waals surface area (Å²) in [4.78, 5) is 38.0. The molecule has 0 aliphatic carbocycles. The quantitative estimate of drug-likeness (QED) is 0.0894. The Hall–Kier alpha value is -5.58. The molecule has 0 saturated carbocycles. The average molecular weight is 607 g/mol. The summed E-state index contributed by atoms with van der Waals surface area (Å²) >= 11 is 0. The van der Waals surface area contributed by atoms with Gasteiger partial charge in [-0.3, -0.25) is 9.59 Å². The van der Waals surface area contributed by atoms with E-state index in [-0.39, 0.29) is 49.5 Å². The van der Waals surface area contributed by atoms with E-state index < -0.39 is 0 Å². The fraction of sp³-hybridized carbons (Fsp3) is 0.371. The fourth-order valence-electron chi connectivity index (χ4n) is 4.39. The summed E-state index contributed by atoms with van der Waals surface area (Å²) in [6.07, 6.45) is 4.63. The second-order valence-corrected chi connectivity index (χ2v) is 10.2. The first-order chi connectivity index (χ1) is 21.6. The highest BCUT2D eigenvalue weighted by atomic mass is 16.5. The van der Waals surface area contributed by atoms with E-state index in [0.29, 0.717) is 25.9 Å². The zero-order chi connectivity index (χ0) is 33.2. The van der Waals surface area contributed by atoms with Crippen LogP contribution >= 0.6 is 0 Å². The maximum atomic E-state index is 12.2. The van der Waals surface area contributed by atoms with E-state index in [1.807, 2.05) is 75.2 Å². The molecule has 0 aromatic heterocycles. The van der Waals surface area contributed by atoms with Gasteiger partial charge in [-0.1, -0.05) is 12.1 Å². The summed E-state index contributed by atoms with van der Waals surface area (Å²) in [5.41, 5.74) is 5.43. The number of esters is 2. The van der Waals surface area contributed by atoms with E-state index in [9.17, 15) is 9.59 Å². The zero-order valence-electron chi connectivity index (χ0n) is 26.3. The van der Waals surface area contributed by atoms with Crippen LogP contribution < -0.4 is 9.80 Å². The number of hydrogen-bond acceptors (Lipinski definition) is 7. The van der Waals surface area contributed by atoms with Crippen LogP contribution in [0.1, 0.15) is 54.9 Å². The predicted octanol–water partition coefficient (Wildman–Crippen LogP) is 6.83. The van der Waals surface area contributed by atoms with Crippen molar-refractivity contribution in [1.82, 2.24) is 0 Å². The first kappa shape index (κ1) is 35.6. The summed E-state index contributed by atoms with van der Waals surface area (Å²) in [5.74, 6) is -0.602. The number of nitriles is 1. The van der Waals surface area contributed by atoms with Crippen LogP contribution in [0.5, 0.6) is 0 Å². The van der Waals surface area contributed by atoms with Gasteiger partial charge in [0.2, 0.25) is 0 Å². The largest absolute Gasteiger partial charge is 0.519 e. The van der Waals surface area contributed by atoms with E-state index in [2.05, 4.69) is 19.4 Å². The molecule has 45 heavy (non-hydrogen) atoms. The molecule has 232 valence electrons. The lowest BCUT2D eigenvalue weighted by atomic mass is 10.1. The van der Waals surface area contributed by atoms with E-state index in [1.165, 1.54) is 0 Å². The molecular formula is C35H38N6O4. The van der Waals surface area contributed by atoms with Crippen molar-refractivity contribution in [2.75, 3.05) is 49.7 Å². The standard InChI is InChI=1S/C35H38N6O4/c1-8-41(32-16-14-29(27(3)22-32)24-33(38-5)39-6)18-20-45-35(43)12-10-9-11-34(42)44-19-17-40(7)31-15-13-28(26(2)21-31)23-30(25-36)37-4/h13-16,21-24H,8-12,17-20H2,1-3,7H3. The van der Waals surface area contributed by atoms with Gasteiger partial charge in [0, 0.05) is 43.9 Å². The van der Waals surface area contributed by atoms with Gasteiger partial charge < -0.3 is 19.3 Å². The molecule has 10 nitrogen and oxygen atoms in total. The van der Waals surface area contributed by atoms with E-state index in [1.54, 1.807) is 12.2 Å². The maximum Gasteiger partial charge on any atom is 0.519 e. The lowest BCUT2D eigenvalue weighted by Crippen LogP contribution is -2.28. The second-order valence-electron chi connectivity index (χ2n) is 10.2. The molecule has 0 bridgehead atoms. The van der Waals surface area contributed by atoms with Crippen LogP contribution in [0.25, 0.3) is 26.7 Å². The number of unbranched alkanes of at least 4 members (excludes halogenated alkanes) is 1. The number of rotatable bonds is 16. The monoisotopic (exact) mass is 606 g/mol. The Morgan fingerprint density at radius 2 is 1.38 bits per heavy atom. The Kier molecular flexibility index (Phi) is 14.9. The molecule has 0 amide bonds. The molecule has 2 aromatic carbocycles. The highest BCUT2D eigenvalue weighted by Crippen LogP contribution is 2.22. The Morgan fingerprint density at radius 1 is 0.844 bits per heavy atom. The van der Waals surface area contributed by atoms with Gasteiger partial charge in [-0.25, -0.2) is 10.1 Å². The van der Waals surface area contributed by atoms with Gasteiger partial charge >= 0.3 is 17.8 Å². The molecule has 2 rings (SSSR count). The van der Waals surface area contributed by atoms with Gasteiger partial charge in [-0.05, 0) is 86.2 Å². The predicted molar refractivity (Wildman–Crippen MR) is 175 cm³/mol. The molecule has 0 spiro atoms. The second kappa shape index (κ2) is 18.9. The minimum Gasteiger partial charge on any atom is -0.464 e. The Balaban J connectivity index is 1.67. The summed E-state index contributed by atoms with van der Waals surface area (Å²) in [5, 5.41) is 8.97. The van der Waals surface area contributed by atoms with Crippen LogP contribution in [0.3, 0.4) is 0 Å². The number of nitrogens with zero attached hydrogens (tertiary/aromatic N) is 6. The third kappa shape index (κ3) is 11.9. The molecule has 0 atom stereocenters. The number of likely N-dealkylation sites (N-methyl/N-ethyl adjacent to an activating group) is 2. The van der Waals surface area contributed by atoms with Crippen LogP contribution in [0.15, 0.2) is 47.9 Å². The molecule has 0 radical (unpaired) electrons. The van der Waals surface area contributed by atoms with Crippen molar-refractivity contribution < 1.29 is 19.1 Å². The molecule has 10 heteroatoms. The van der Waals surface area contributed by atoms with Crippen molar-refractivity contribution in [1.29, 1.82) is 5.26 Å². The molecule has 0 N–H and O–H groups in total. The normalized spacial score (nSPS) is 10.4. The zero-order valence-corrected chi connectivity index (χ0v) is 26.3. The molecular weight excluding hydrogens is 568 g/mol. The molecule has 0 saturated heterocycles. The van der Waals surface area contributed by atoms with Crippen LogP contribution in [-0.4, -0.2) is 51.8 Å². The summed E-state index contributed by atoms with van der Waals surface area (Å²) < 4.78 is 10.8. The summed E-state index contributed by atoms with van der Waals surface area (Å²) in [6.45, 7) is 29.2. The number of anilines is 2. The van der Waals surface area contributed by atoms with E-state index in [0.717, 1.165) is 40.2 Å². The summed E-state index contributed by atoms with van der Waals surface area (Å²) in [7, 11) is 1.89. The topological polar surface area (TPSA) is 96.0 Å².